The number of ether oxygens (including phenoxy) is 2. The van der Waals surface area contributed by atoms with E-state index in [0.717, 1.165) is 28.1 Å². The summed E-state index contributed by atoms with van der Waals surface area (Å²) in [6.45, 7) is 12.0. The zero-order chi connectivity index (χ0) is 22.1. The normalized spacial score (nSPS) is 9.64. The fraction of sp³-hybridized carbons (Fsp3) is 0.526. The largest absolute Gasteiger partial charge is 1.00 e. The van der Waals surface area contributed by atoms with Gasteiger partial charge in [0, 0.05) is 12.2 Å². The monoisotopic (exact) mass is 422 g/mol. The van der Waals surface area contributed by atoms with Crippen LogP contribution in [0.2, 0.25) is 0 Å². The molecule has 0 aliphatic rings. The summed E-state index contributed by atoms with van der Waals surface area (Å²) in [5.74, 6) is -1.93. The Morgan fingerprint density at radius 3 is 1.14 bits per heavy atom. The number of carboxylic acids is 1. The summed E-state index contributed by atoms with van der Waals surface area (Å²) in [5, 5.41) is 9.14. The molecular weight excluding hydrogens is 388 g/mol. The molecule has 0 unspecified atom stereocenters. The fourth-order valence-corrected chi connectivity index (χ4v) is 0.958. The van der Waals surface area contributed by atoms with Crippen LogP contribution in [0.4, 0.5) is 0 Å². The fourth-order valence-electron chi connectivity index (χ4n) is 0.958. The van der Waals surface area contributed by atoms with E-state index in [4.69, 9.17) is 19.4 Å². The zero-order valence-corrected chi connectivity index (χ0v) is 18.7. The molecule has 0 heterocycles. The summed E-state index contributed by atoms with van der Waals surface area (Å²) < 4.78 is 11.2. The summed E-state index contributed by atoms with van der Waals surface area (Å²) in [6, 6.07) is 0. The SMILES string of the molecule is C=CC(=O)OCC[N+](C)(C)C.C=CC(=O)OCC[N+](C)(C)C.C=CC(=O)[O-].[Cl-]. The second-order valence-electron chi connectivity index (χ2n) is 7.29. The van der Waals surface area contributed by atoms with Crippen LogP contribution in [0.1, 0.15) is 0 Å². The van der Waals surface area contributed by atoms with Gasteiger partial charge in [0.15, 0.2) is 0 Å². The average molecular weight is 423 g/mol. The van der Waals surface area contributed by atoms with Crippen LogP contribution in [-0.4, -0.2) is 95.5 Å². The molecule has 0 aliphatic carbocycles. The molecular formula is C19H35ClN2O6. The molecule has 8 nitrogen and oxygen atoms in total. The van der Waals surface area contributed by atoms with Gasteiger partial charge < -0.3 is 40.7 Å². The Hall–Kier alpha value is -2.16. The first-order valence-electron chi connectivity index (χ1n) is 8.21. The van der Waals surface area contributed by atoms with E-state index in [0.29, 0.717) is 13.2 Å². The van der Waals surface area contributed by atoms with Crippen LogP contribution in [0.5, 0.6) is 0 Å². The lowest BCUT2D eigenvalue weighted by atomic mass is 10.5. The highest BCUT2D eigenvalue weighted by Gasteiger charge is 2.07. The molecule has 9 heteroatoms. The minimum Gasteiger partial charge on any atom is -1.00 e. The molecule has 0 saturated heterocycles. The molecule has 0 N–H and O–H groups in total. The molecule has 0 aromatic carbocycles. The number of carbonyl (C=O) groups is 3. The second-order valence-corrected chi connectivity index (χ2v) is 7.29. The molecule has 0 aliphatic heterocycles. The van der Waals surface area contributed by atoms with Crippen molar-refractivity contribution in [2.45, 2.75) is 0 Å². The van der Waals surface area contributed by atoms with Crippen molar-refractivity contribution >= 4 is 17.9 Å². The van der Waals surface area contributed by atoms with Crippen LogP contribution < -0.4 is 17.5 Å². The first-order valence-corrected chi connectivity index (χ1v) is 8.21. The number of rotatable bonds is 9. The van der Waals surface area contributed by atoms with Crippen molar-refractivity contribution in [3.63, 3.8) is 0 Å². The van der Waals surface area contributed by atoms with Crippen molar-refractivity contribution in [2.75, 3.05) is 68.6 Å². The van der Waals surface area contributed by atoms with Gasteiger partial charge in [0.05, 0.1) is 48.3 Å². The topological polar surface area (TPSA) is 92.7 Å². The van der Waals surface area contributed by atoms with Gasteiger partial charge in [-0.3, -0.25) is 0 Å². The third-order valence-electron chi connectivity index (χ3n) is 2.51. The number of aliphatic carboxylic acids is 1. The second kappa shape index (κ2) is 18.2. The minimum atomic E-state index is -1.23. The Kier molecular flexibility index (Phi) is 21.7. The van der Waals surface area contributed by atoms with Crippen molar-refractivity contribution in [2.24, 2.45) is 0 Å². The van der Waals surface area contributed by atoms with Crippen molar-refractivity contribution in [3.8, 4) is 0 Å². The van der Waals surface area contributed by atoms with Gasteiger partial charge in [0.25, 0.3) is 0 Å². The molecule has 0 aromatic rings. The summed E-state index contributed by atoms with van der Waals surface area (Å²) >= 11 is 0. The number of nitrogens with zero attached hydrogens (tertiary/aromatic N) is 2. The van der Waals surface area contributed by atoms with Crippen molar-refractivity contribution in [1.29, 1.82) is 0 Å². The van der Waals surface area contributed by atoms with Crippen LogP contribution in [-0.2, 0) is 23.9 Å². The molecule has 0 radical (unpaired) electrons. The Balaban J connectivity index is -0.000000162. The van der Waals surface area contributed by atoms with Gasteiger partial charge in [-0.1, -0.05) is 19.7 Å². The number of esters is 2. The summed E-state index contributed by atoms with van der Waals surface area (Å²) in [6.07, 6.45) is 3.07. The van der Waals surface area contributed by atoms with Crippen molar-refractivity contribution in [3.05, 3.63) is 38.0 Å². The molecule has 0 amide bonds. The first-order chi connectivity index (χ1) is 12.2. The average Bonchev–Trinajstić information content (AvgIpc) is 2.53. The Bertz CT molecular complexity index is 458. The van der Waals surface area contributed by atoms with Gasteiger partial charge in [-0.05, 0) is 6.08 Å². The molecule has 0 saturated carbocycles. The van der Waals surface area contributed by atoms with E-state index in [1.54, 1.807) is 0 Å². The first kappa shape index (κ1) is 33.4. The van der Waals surface area contributed by atoms with Gasteiger partial charge in [0.2, 0.25) is 0 Å². The summed E-state index contributed by atoms with van der Waals surface area (Å²) in [4.78, 5) is 30.2. The predicted octanol–water partition coefficient (Wildman–Crippen LogP) is -3.23. The Morgan fingerprint density at radius 2 is 1.00 bits per heavy atom. The third kappa shape index (κ3) is 39.1. The number of hydrogen-bond acceptors (Lipinski definition) is 6. The minimum absolute atomic E-state index is 0. The van der Waals surface area contributed by atoms with E-state index < -0.39 is 5.97 Å². The summed E-state index contributed by atoms with van der Waals surface area (Å²) in [7, 11) is 12.3. The van der Waals surface area contributed by atoms with Crippen LogP contribution in [0.25, 0.3) is 0 Å². The number of carboxylic acid groups (broad SMARTS) is 1. The van der Waals surface area contributed by atoms with Crippen molar-refractivity contribution in [1.82, 2.24) is 0 Å². The maximum atomic E-state index is 10.6. The number of hydrogen-bond donors (Lipinski definition) is 0. The molecule has 0 aromatic heterocycles. The number of carbonyl (C=O) groups excluding carboxylic acids is 3. The quantitative estimate of drug-likeness (QED) is 0.220. The highest BCUT2D eigenvalue weighted by Crippen LogP contribution is 1.90. The lowest BCUT2D eigenvalue weighted by molar-refractivity contribution is -0.870. The van der Waals surface area contributed by atoms with E-state index in [-0.39, 0.29) is 24.3 Å². The van der Waals surface area contributed by atoms with E-state index in [1.165, 1.54) is 12.2 Å². The number of halogens is 1. The molecule has 164 valence electrons. The maximum absolute atomic E-state index is 10.6. The molecule has 0 spiro atoms. The molecule has 0 fully saturated rings. The van der Waals surface area contributed by atoms with E-state index >= 15 is 0 Å². The lowest BCUT2D eigenvalue weighted by Gasteiger charge is -2.23. The van der Waals surface area contributed by atoms with E-state index in [9.17, 15) is 9.59 Å². The Morgan fingerprint density at radius 1 is 0.750 bits per heavy atom. The summed E-state index contributed by atoms with van der Waals surface area (Å²) in [5.41, 5.74) is 0. The molecule has 0 bridgehead atoms. The van der Waals surface area contributed by atoms with Crippen LogP contribution in [0.3, 0.4) is 0 Å². The van der Waals surface area contributed by atoms with Crippen LogP contribution >= 0.6 is 0 Å². The predicted molar refractivity (Wildman–Crippen MR) is 103 cm³/mol. The number of likely N-dealkylation sites (N-methyl/N-ethyl adjacent to an activating group) is 2. The third-order valence-corrected chi connectivity index (χ3v) is 2.51. The van der Waals surface area contributed by atoms with E-state index in [1.807, 2.05) is 42.3 Å². The van der Waals surface area contributed by atoms with Crippen LogP contribution in [0.15, 0.2) is 38.0 Å². The maximum Gasteiger partial charge on any atom is 0.330 e. The van der Waals surface area contributed by atoms with Crippen molar-refractivity contribution < 1.29 is 50.3 Å². The standard InChI is InChI=1S/2C8H16NO2.C3H4O2.ClH/c2*1-5-8(10)11-7-6-9(2,3)4;1-2-3(4)5;/h2*5H,1,6-7H2,2-4H3;2H,1H2,(H,4,5);1H/q2*+1;;/p-2. The zero-order valence-electron chi connectivity index (χ0n) is 17.9. The van der Waals surface area contributed by atoms with Crippen LogP contribution in [0, 0.1) is 0 Å². The highest BCUT2D eigenvalue weighted by molar-refractivity contribution is 5.81. The van der Waals surface area contributed by atoms with Gasteiger partial charge >= 0.3 is 11.9 Å². The van der Waals surface area contributed by atoms with E-state index in [2.05, 4.69) is 19.7 Å². The van der Waals surface area contributed by atoms with Gasteiger partial charge in [-0.15, -0.1) is 0 Å². The smallest absolute Gasteiger partial charge is 0.330 e. The van der Waals surface area contributed by atoms with Gasteiger partial charge in [-0.25, -0.2) is 9.59 Å². The Labute approximate surface area is 175 Å². The molecule has 28 heavy (non-hydrogen) atoms. The molecule has 0 atom stereocenters. The van der Waals surface area contributed by atoms with Gasteiger partial charge in [-0.2, -0.15) is 0 Å². The van der Waals surface area contributed by atoms with Gasteiger partial charge in [0.1, 0.15) is 26.3 Å². The molecule has 0 rings (SSSR count). The lowest BCUT2D eigenvalue weighted by Crippen LogP contribution is -3.00. The number of quaternary nitrogens is 2. The highest BCUT2D eigenvalue weighted by atomic mass is 35.5.